The van der Waals surface area contributed by atoms with Gasteiger partial charge >= 0.3 is 0 Å². The molecule has 0 aliphatic carbocycles. The van der Waals surface area contributed by atoms with E-state index in [1.165, 1.54) is 5.56 Å². The third-order valence-electron chi connectivity index (χ3n) is 2.09. The Hall–Kier alpha value is -0.570. The van der Waals surface area contributed by atoms with Crippen molar-refractivity contribution >= 4 is 11.6 Å². The van der Waals surface area contributed by atoms with E-state index < -0.39 is 0 Å². The summed E-state index contributed by atoms with van der Waals surface area (Å²) in [6.07, 6.45) is -0.315. The second kappa shape index (κ2) is 5.35. The Morgan fingerprint density at radius 2 is 1.86 bits per heavy atom. The summed E-state index contributed by atoms with van der Waals surface area (Å²) in [5.74, 6) is 0. The smallest absolute Gasteiger partial charge is 0.0636 e. The fourth-order valence-corrected chi connectivity index (χ4v) is 1.34. The van der Waals surface area contributed by atoms with Gasteiger partial charge in [-0.25, -0.2) is 0 Å². The highest BCUT2D eigenvalue weighted by molar-refractivity contribution is 6.30. The Kier molecular flexibility index (Phi) is 4.39. The normalized spacial score (nSPS) is 15.1. The van der Waals surface area contributed by atoms with Crippen molar-refractivity contribution in [2.75, 3.05) is 6.54 Å². The first-order chi connectivity index (χ1) is 6.59. The maximum Gasteiger partial charge on any atom is 0.0636 e. The molecule has 0 fully saturated rings. The monoisotopic (exact) mass is 213 g/mol. The maximum absolute atomic E-state index is 9.11. The fourth-order valence-electron chi connectivity index (χ4n) is 1.22. The van der Waals surface area contributed by atoms with Gasteiger partial charge in [0.25, 0.3) is 0 Å². The predicted molar refractivity (Wildman–Crippen MR) is 59.6 cm³/mol. The topological polar surface area (TPSA) is 32.3 Å². The van der Waals surface area contributed by atoms with Crippen molar-refractivity contribution in [2.24, 2.45) is 0 Å². The number of rotatable bonds is 4. The number of nitrogens with one attached hydrogen (secondary N) is 1. The third-order valence-corrected chi connectivity index (χ3v) is 2.34. The molecular weight excluding hydrogens is 198 g/mol. The number of aliphatic hydroxyl groups excluding tert-OH is 1. The highest BCUT2D eigenvalue weighted by atomic mass is 35.5. The van der Waals surface area contributed by atoms with Crippen molar-refractivity contribution in [3.63, 3.8) is 0 Å². The second-order valence-electron chi connectivity index (χ2n) is 3.53. The molecular formula is C11H16ClNO. The van der Waals surface area contributed by atoms with Crippen LogP contribution in [0.15, 0.2) is 24.3 Å². The molecule has 1 rings (SSSR count). The molecule has 0 saturated heterocycles. The molecule has 0 aliphatic heterocycles. The van der Waals surface area contributed by atoms with E-state index in [2.05, 4.69) is 12.2 Å². The van der Waals surface area contributed by atoms with E-state index in [-0.39, 0.29) is 12.1 Å². The van der Waals surface area contributed by atoms with Gasteiger partial charge in [-0.05, 0) is 31.5 Å². The van der Waals surface area contributed by atoms with Gasteiger partial charge in [-0.2, -0.15) is 0 Å². The Labute approximate surface area is 89.9 Å². The van der Waals surface area contributed by atoms with E-state index >= 15 is 0 Å². The number of aliphatic hydroxyl groups is 1. The minimum absolute atomic E-state index is 0.238. The van der Waals surface area contributed by atoms with Gasteiger partial charge < -0.3 is 10.4 Å². The summed E-state index contributed by atoms with van der Waals surface area (Å²) < 4.78 is 0. The van der Waals surface area contributed by atoms with Crippen molar-refractivity contribution in [1.29, 1.82) is 0 Å². The van der Waals surface area contributed by atoms with Gasteiger partial charge in [-0.15, -0.1) is 0 Å². The largest absolute Gasteiger partial charge is 0.392 e. The number of hydrogen-bond donors (Lipinski definition) is 2. The van der Waals surface area contributed by atoms with E-state index in [4.69, 9.17) is 16.7 Å². The highest BCUT2D eigenvalue weighted by Crippen LogP contribution is 2.15. The summed E-state index contributed by atoms with van der Waals surface area (Å²) >= 11 is 5.78. The Balaban J connectivity index is 2.52. The predicted octanol–water partition coefficient (Wildman–Crippen LogP) is 2.37. The van der Waals surface area contributed by atoms with Crippen molar-refractivity contribution in [3.8, 4) is 0 Å². The van der Waals surface area contributed by atoms with E-state index in [0.717, 1.165) is 5.02 Å². The number of hydrogen-bond acceptors (Lipinski definition) is 2. The zero-order valence-electron chi connectivity index (χ0n) is 8.50. The first-order valence-corrected chi connectivity index (χ1v) is 5.14. The maximum atomic E-state index is 9.11. The lowest BCUT2D eigenvalue weighted by atomic mass is 10.1. The van der Waals surface area contributed by atoms with Crippen LogP contribution in [0, 0.1) is 0 Å². The molecule has 0 aliphatic rings. The molecule has 0 saturated carbocycles. The standard InChI is InChI=1S/C11H16ClNO/c1-8(14)7-13-9(2)10-3-5-11(12)6-4-10/h3-6,8-9,13-14H,7H2,1-2H3/t8-,9-/m0/s1. The van der Waals surface area contributed by atoms with Crippen molar-refractivity contribution in [1.82, 2.24) is 5.32 Å². The van der Waals surface area contributed by atoms with Gasteiger partial charge in [-0.1, -0.05) is 23.7 Å². The summed E-state index contributed by atoms with van der Waals surface area (Å²) in [5.41, 5.74) is 1.18. The molecule has 1 aromatic carbocycles. The van der Waals surface area contributed by atoms with E-state index in [1.807, 2.05) is 24.3 Å². The fraction of sp³-hybridized carbons (Fsp3) is 0.455. The molecule has 0 heterocycles. The molecule has 2 nitrogen and oxygen atoms in total. The van der Waals surface area contributed by atoms with Crippen LogP contribution in [-0.4, -0.2) is 17.8 Å². The molecule has 0 aromatic heterocycles. The highest BCUT2D eigenvalue weighted by Gasteiger charge is 2.05. The molecule has 0 spiro atoms. The molecule has 0 amide bonds. The molecule has 1 aromatic rings. The van der Waals surface area contributed by atoms with Crippen LogP contribution in [0.3, 0.4) is 0 Å². The van der Waals surface area contributed by atoms with Gasteiger partial charge in [-0.3, -0.25) is 0 Å². The summed E-state index contributed by atoms with van der Waals surface area (Å²) in [6, 6.07) is 7.96. The van der Waals surface area contributed by atoms with Gasteiger partial charge in [0.05, 0.1) is 6.10 Å². The van der Waals surface area contributed by atoms with Gasteiger partial charge in [0.1, 0.15) is 0 Å². The van der Waals surface area contributed by atoms with Gasteiger partial charge in [0.2, 0.25) is 0 Å². The quantitative estimate of drug-likeness (QED) is 0.805. The lowest BCUT2D eigenvalue weighted by Gasteiger charge is -2.15. The molecule has 0 bridgehead atoms. The van der Waals surface area contributed by atoms with Crippen molar-refractivity contribution in [2.45, 2.75) is 26.0 Å². The molecule has 0 unspecified atom stereocenters. The van der Waals surface area contributed by atoms with Crippen LogP contribution in [0.4, 0.5) is 0 Å². The summed E-state index contributed by atoms with van der Waals surface area (Å²) in [4.78, 5) is 0. The van der Waals surface area contributed by atoms with Crippen molar-refractivity contribution in [3.05, 3.63) is 34.9 Å². The van der Waals surface area contributed by atoms with Crippen LogP contribution in [0.25, 0.3) is 0 Å². The molecule has 3 heteroatoms. The first kappa shape index (κ1) is 11.5. The average Bonchev–Trinajstić information content (AvgIpc) is 2.15. The van der Waals surface area contributed by atoms with Crippen LogP contribution in [0.2, 0.25) is 5.02 Å². The van der Waals surface area contributed by atoms with E-state index in [9.17, 15) is 0 Å². The van der Waals surface area contributed by atoms with E-state index in [1.54, 1.807) is 6.92 Å². The van der Waals surface area contributed by atoms with Gasteiger partial charge in [0, 0.05) is 17.6 Å². The Morgan fingerprint density at radius 1 is 1.29 bits per heavy atom. The molecule has 2 atom stereocenters. The zero-order valence-corrected chi connectivity index (χ0v) is 9.25. The lowest BCUT2D eigenvalue weighted by molar-refractivity contribution is 0.187. The van der Waals surface area contributed by atoms with Crippen LogP contribution < -0.4 is 5.32 Å². The minimum Gasteiger partial charge on any atom is -0.392 e. The molecule has 2 N–H and O–H groups in total. The summed E-state index contributed by atoms with van der Waals surface area (Å²) in [5, 5.41) is 13.1. The number of benzene rings is 1. The van der Waals surface area contributed by atoms with E-state index in [0.29, 0.717) is 6.54 Å². The zero-order chi connectivity index (χ0) is 10.6. The second-order valence-corrected chi connectivity index (χ2v) is 3.97. The third kappa shape index (κ3) is 3.66. The molecule has 0 radical (unpaired) electrons. The molecule has 14 heavy (non-hydrogen) atoms. The van der Waals surface area contributed by atoms with Crippen LogP contribution in [0.5, 0.6) is 0 Å². The lowest BCUT2D eigenvalue weighted by Crippen LogP contribution is -2.27. The minimum atomic E-state index is -0.315. The van der Waals surface area contributed by atoms with Crippen molar-refractivity contribution < 1.29 is 5.11 Å². The Morgan fingerprint density at radius 3 is 2.36 bits per heavy atom. The van der Waals surface area contributed by atoms with Gasteiger partial charge in [0.15, 0.2) is 0 Å². The summed E-state index contributed by atoms with van der Waals surface area (Å²) in [6.45, 7) is 4.43. The van der Waals surface area contributed by atoms with Crippen LogP contribution >= 0.6 is 11.6 Å². The first-order valence-electron chi connectivity index (χ1n) is 4.76. The average molecular weight is 214 g/mol. The van der Waals surface area contributed by atoms with Crippen LogP contribution in [0.1, 0.15) is 25.5 Å². The van der Waals surface area contributed by atoms with Crippen LogP contribution in [-0.2, 0) is 0 Å². The molecule has 78 valence electrons. The SMILES string of the molecule is C[C@H](O)CN[C@@H](C)c1ccc(Cl)cc1. The number of halogens is 1. The Bertz CT molecular complexity index is 271. The summed E-state index contributed by atoms with van der Waals surface area (Å²) in [7, 11) is 0.